The first-order chi connectivity index (χ1) is 7.76. The van der Waals surface area contributed by atoms with Gasteiger partial charge in [0.25, 0.3) is 0 Å². The Labute approximate surface area is 112 Å². The molecule has 0 spiro atoms. The smallest absolute Gasteiger partial charge is 0.410 e. The number of likely N-dealkylation sites (tertiary alicyclic amines) is 1. The molecule has 17 heavy (non-hydrogen) atoms. The molecular weight excluding hydrogens is 282 g/mol. The monoisotopic (exact) mass is 303 g/mol. The number of rotatable bonds is 1. The number of hydrogen-bond donors (Lipinski definition) is 0. The van der Waals surface area contributed by atoms with Gasteiger partial charge in [-0.1, -0.05) is 28.9 Å². The minimum absolute atomic E-state index is 0.0542. The highest BCUT2D eigenvalue weighted by Gasteiger charge is 2.33. The Hall–Kier alpha value is -0.510. The third-order valence-corrected chi connectivity index (χ3v) is 3.11. The molecule has 0 aromatic heterocycles. The molecule has 0 N–H and O–H groups in total. The maximum atomic E-state index is 12.0. The van der Waals surface area contributed by atoms with E-state index in [1.165, 1.54) is 0 Å². The quantitative estimate of drug-likeness (QED) is 0.734. The summed E-state index contributed by atoms with van der Waals surface area (Å²) in [5.41, 5.74) is -0.366. The Morgan fingerprint density at radius 1 is 1.47 bits per heavy atom. The number of hydrogen-bond acceptors (Lipinski definition) is 2. The van der Waals surface area contributed by atoms with E-state index in [0.717, 1.165) is 25.9 Å². The molecule has 98 valence electrons. The van der Waals surface area contributed by atoms with Gasteiger partial charge < -0.3 is 9.64 Å². The van der Waals surface area contributed by atoms with E-state index in [1.807, 2.05) is 30.7 Å². The molecule has 1 unspecified atom stereocenters. The molecule has 0 aromatic rings. The van der Waals surface area contributed by atoms with Crippen molar-refractivity contribution < 1.29 is 9.53 Å². The standard InChI is InChI=1S/C13H22BrNO2/c1-12(2,3)17-11(16)15-9-5-6-13(4,10-15)7-8-14/h7-8H,5-6,9-10H2,1-4H3/b8-7+. The third kappa shape index (κ3) is 4.70. The van der Waals surface area contributed by atoms with Crippen LogP contribution in [-0.2, 0) is 4.74 Å². The molecule has 0 aliphatic carbocycles. The Morgan fingerprint density at radius 2 is 2.12 bits per heavy atom. The lowest BCUT2D eigenvalue weighted by Crippen LogP contribution is -2.46. The Morgan fingerprint density at radius 3 is 2.65 bits per heavy atom. The molecule has 0 bridgehead atoms. The normalized spacial score (nSPS) is 26.3. The van der Waals surface area contributed by atoms with Crippen molar-refractivity contribution in [3.8, 4) is 0 Å². The van der Waals surface area contributed by atoms with E-state index in [4.69, 9.17) is 4.74 Å². The zero-order valence-corrected chi connectivity index (χ0v) is 12.7. The van der Waals surface area contributed by atoms with Crippen LogP contribution in [0.5, 0.6) is 0 Å². The molecule has 1 rings (SSSR count). The summed E-state index contributed by atoms with van der Waals surface area (Å²) in [4.78, 5) is 15.7. The van der Waals surface area contributed by atoms with Crippen molar-refractivity contribution in [1.82, 2.24) is 4.90 Å². The first-order valence-corrected chi connectivity index (χ1v) is 6.93. The van der Waals surface area contributed by atoms with Crippen LogP contribution in [-0.4, -0.2) is 29.7 Å². The fraction of sp³-hybridized carbons (Fsp3) is 0.769. The predicted molar refractivity (Wildman–Crippen MR) is 73.2 cm³/mol. The number of ether oxygens (including phenoxy) is 1. The minimum atomic E-state index is -0.420. The maximum Gasteiger partial charge on any atom is 0.410 e. The van der Waals surface area contributed by atoms with E-state index in [2.05, 4.69) is 28.9 Å². The van der Waals surface area contributed by atoms with Gasteiger partial charge in [-0.05, 0) is 38.6 Å². The number of halogens is 1. The summed E-state index contributed by atoms with van der Waals surface area (Å²) >= 11 is 3.31. The van der Waals surface area contributed by atoms with Gasteiger partial charge in [-0.25, -0.2) is 4.79 Å². The number of carbonyl (C=O) groups is 1. The minimum Gasteiger partial charge on any atom is -0.444 e. The first-order valence-electron chi connectivity index (χ1n) is 6.02. The number of piperidine rings is 1. The molecule has 1 fully saturated rings. The lowest BCUT2D eigenvalue weighted by atomic mass is 9.82. The van der Waals surface area contributed by atoms with Gasteiger partial charge in [-0.3, -0.25) is 0 Å². The van der Waals surface area contributed by atoms with Gasteiger partial charge in [-0.2, -0.15) is 0 Å². The van der Waals surface area contributed by atoms with Gasteiger partial charge in [0.2, 0.25) is 0 Å². The third-order valence-electron chi connectivity index (χ3n) is 2.85. The highest BCUT2D eigenvalue weighted by Crippen LogP contribution is 2.31. The molecule has 3 nitrogen and oxygen atoms in total. The molecule has 1 amide bonds. The molecule has 1 aliphatic heterocycles. The SMILES string of the molecule is CC1(/C=C/Br)CCCN(C(=O)OC(C)(C)C)C1. The molecule has 0 aromatic carbocycles. The van der Waals surface area contributed by atoms with Gasteiger partial charge in [0.05, 0.1) is 0 Å². The van der Waals surface area contributed by atoms with Crippen molar-refractivity contribution in [3.63, 3.8) is 0 Å². The van der Waals surface area contributed by atoms with E-state index in [0.29, 0.717) is 0 Å². The van der Waals surface area contributed by atoms with Gasteiger partial charge in [0.15, 0.2) is 0 Å². The van der Waals surface area contributed by atoms with E-state index < -0.39 is 5.60 Å². The topological polar surface area (TPSA) is 29.5 Å². The second-order valence-corrected chi connectivity index (χ2v) is 6.48. The van der Waals surface area contributed by atoms with Gasteiger partial charge in [0, 0.05) is 18.5 Å². The van der Waals surface area contributed by atoms with Crippen molar-refractivity contribution in [2.24, 2.45) is 5.41 Å². The van der Waals surface area contributed by atoms with Crippen molar-refractivity contribution >= 4 is 22.0 Å². The number of amides is 1. The van der Waals surface area contributed by atoms with Crippen LogP contribution in [0.2, 0.25) is 0 Å². The Bertz CT molecular complexity index is 309. The van der Waals surface area contributed by atoms with Gasteiger partial charge in [0.1, 0.15) is 5.60 Å². The summed E-state index contributed by atoms with van der Waals surface area (Å²) in [7, 11) is 0. The molecule has 1 aliphatic rings. The van der Waals surface area contributed by atoms with Gasteiger partial charge >= 0.3 is 6.09 Å². The highest BCUT2D eigenvalue weighted by atomic mass is 79.9. The predicted octanol–water partition coefficient (Wildman–Crippen LogP) is 3.93. The van der Waals surface area contributed by atoms with Gasteiger partial charge in [-0.15, -0.1) is 0 Å². The fourth-order valence-corrected chi connectivity index (χ4v) is 2.68. The van der Waals surface area contributed by atoms with Crippen LogP contribution in [0.4, 0.5) is 4.79 Å². The zero-order chi connectivity index (χ0) is 13.1. The van der Waals surface area contributed by atoms with Crippen LogP contribution in [0, 0.1) is 5.41 Å². The van der Waals surface area contributed by atoms with Crippen LogP contribution in [0.15, 0.2) is 11.1 Å². The molecule has 1 heterocycles. The van der Waals surface area contributed by atoms with E-state index >= 15 is 0 Å². The summed E-state index contributed by atoms with van der Waals surface area (Å²) in [6, 6.07) is 0. The average Bonchev–Trinajstić information content (AvgIpc) is 2.14. The van der Waals surface area contributed by atoms with Crippen molar-refractivity contribution in [2.75, 3.05) is 13.1 Å². The highest BCUT2D eigenvalue weighted by molar-refractivity contribution is 9.11. The largest absolute Gasteiger partial charge is 0.444 e. The maximum absolute atomic E-state index is 12.0. The summed E-state index contributed by atoms with van der Waals surface area (Å²) < 4.78 is 5.40. The van der Waals surface area contributed by atoms with Crippen LogP contribution >= 0.6 is 15.9 Å². The number of carbonyl (C=O) groups excluding carboxylic acids is 1. The van der Waals surface area contributed by atoms with E-state index in [9.17, 15) is 4.79 Å². The van der Waals surface area contributed by atoms with Crippen molar-refractivity contribution in [2.45, 2.75) is 46.1 Å². The fourth-order valence-electron chi connectivity index (χ4n) is 2.04. The zero-order valence-electron chi connectivity index (χ0n) is 11.1. The van der Waals surface area contributed by atoms with E-state index in [1.54, 1.807) is 0 Å². The molecule has 0 saturated carbocycles. The lowest BCUT2D eigenvalue weighted by molar-refractivity contribution is 0.0121. The Balaban J connectivity index is 2.64. The first kappa shape index (κ1) is 14.6. The summed E-state index contributed by atoms with van der Waals surface area (Å²) in [5, 5.41) is 0. The van der Waals surface area contributed by atoms with Crippen LogP contribution in [0.3, 0.4) is 0 Å². The molecule has 4 heteroatoms. The molecular formula is C13H22BrNO2. The van der Waals surface area contributed by atoms with Crippen molar-refractivity contribution in [3.05, 3.63) is 11.1 Å². The summed E-state index contributed by atoms with van der Waals surface area (Å²) in [6.07, 6.45) is 4.04. The van der Waals surface area contributed by atoms with Crippen LogP contribution in [0.1, 0.15) is 40.5 Å². The summed E-state index contributed by atoms with van der Waals surface area (Å²) in [6.45, 7) is 9.37. The van der Waals surface area contributed by atoms with Crippen LogP contribution in [0.25, 0.3) is 0 Å². The van der Waals surface area contributed by atoms with Crippen molar-refractivity contribution in [1.29, 1.82) is 0 Å². The molecule has 1 saturated heterocycles. The summed E-state index contributed by atoms with van der Waals surface area (Å²) in [5.74, 6) is 0. The average molecular weight is 304 g/mol. The van der Waals surface area contributed by atoms with Crippen LogP contribution < -0.4 is 0 Å². The van der Waals surface area contributed by atoms with E-state index in [-0.39, 0.29) is 11.5 Å². The number of nitrogens with zero attached hydrogens (tertiary/aromatic N) is 1. The lowest BCUT2D eigenvalue weighted by Gasteiger charge is -2.39. The second kappa shape index (κ2) is 5.42. The second-order valence-electron chi connectivity index (χ2n) is 5.95. The molecule has 1 atom stereocenters. The molecule has 0 radical (unpaired) electrons. The Kier molecular flexibility index (Phi) is 4.64.